The summed E-state index contributed by atoms with van der Waals surface area (Å²) >= 11 is 12.2. The highest BCUT2D eigenvalue weighted by Gasteiger charge is 2.47. The lowest BCUT2D eigenvalue weighted by molar-refractivity contribution is -0.132. The van der Waals surface area contributed by atoms with Crippen molar-refractivity contribution in [1.82, 2.24) is 0 Å². The molecule has 0 radical (unpaired) electrons. The van der Waals surface area contributed by atoms with E-state index in [1.165, 1.54) is 17.0 Å². The number of amides is 1. The summed E-state index contributed by atoms with van der Waals surface area (Å²) in [5, 5.41) is 11.8. The van der Waals surface area contributed by atoms with Crippen LogP contribution in [-0.4, -0.2) is 23.6 Å². The topological polar surface area (TPSA) is 76.1 Å². The minimum Gasteiger partial charge on any atom is -0.507 e. The Kier molecular flexibility index (Phi) is 5.95. The van der Waals surface area contributed by atoms with E-state index in [1.54, 1.807) is 24.3 Å². The molecule has 2 aliphatic rings. The maximum atomic E-state index is 13.3. The number of fused-ring (bicyclic) bond motifs is 1. The van der Waals surface area contributed by atoms with Gasteiger partial charge in [-0.05, 0) is 47.4 Å². The molecule has 1 fully saturated rings. The van der Waals surface area contributed by atoms with Gasteiger partial charge in [-0.1, -0.05) is 61.3 Å². The molecule has 3 aromatic carbocycles. The number of halogens is 2. The third kappa shape index (κ3) is 4.03. The highest BCUT2D eigenvalue weighted by molar-refractivity contribution is 6.51. The average Bonchev–Trinajstić information content (AvgIpc) is 3.42. The van der Waals surface area contributed by atoms with E-state index in [9.17, 15) is 14.7 Å². The zero-order valence-electron chi connectivity index (χ0n) is 18.9. The normalized spacial score (nSPS) is 18.5. The molecule has 1 saturated heterocycles. The van der Waals surface area contributed by atoms with Crippen molar-refractivity contribution in [2.24, 2.45) is 0 Å². The van der Waals surface area contributed by atoms with Crippen LogP contribution in [0.4, 0.5) is 5.69 Å². The Balaban J connectivity index is 1.70. The van der Waals surface area contributed by atoms with Crippen molar-refractivity contribution in [2.75, 3.05) is 11.7 Å². The molecular formula is C27H21Cl2NO5. The highest BCUT2D eigenvalue weighted by Crippen LogP contribution is 2.45. The Labute approximate surface area is 212 Å². The SMILES string of the molecule is CC(C)c1ccc(C2/C(=C(\O)c3ccc(Cl)c(Cl)c3)C(=O)C(=O)N2c2ccc3c(c2)OCO3)cc1. The minimum absolute atomic E-state index is 0.0386. The first-order valence-corrected chi connectivity index (χ1v) is 11.8. The molecular weight excluding hydrogens is 489 g/mol. The summed E-state index contributed by atoms with van der Waals surface area (Å²) in [5.74, 6) is -0.557. The van der Waals surface area contributed by atoms with Gasteiger partial charge in [-0.3, -0.25) is 14.5 Å². The summed E-state index contributed by atoms with van der Waals surface area (Å²) in [6, 6.07) is 16.4. The lowest BCUT2D eigenvalue weighted by Crippen LogP contribution is -2.29. The predicted molar refractivity (Wildman–Crippen MR) is 134 cm³/mol. The van der Waals surface area contributed by atoms with E-state index in [-0.39, 0.29) is 28.7 Å². The van der Waals surface area contributed by atoms with Gasteiger partial charge in [0, 0.05) is 17.3 Å². The Morgan fingerprint density at radius 1 is 0.943 bits per heavy atom. The summed E-state index contributed by atoms with van der Waals surface area (Å²) < 4.78 is 10.9. The van der Waals surface area contributed by atoms with Crippen LogP contribution in [0, 0.1) is 0 Å². The van der Waals surface area contributed by atoms with Gasteiger partial charge in [0.15, 0.2) is 11.5 Å². The number of ether oxygens (including phenoxy) is 2. The van der Waals surface area contributed by atoms with E-state index < -0.39 is 17.7 Å². The van der Waals surface area contributed by atoms with Crippen molar-refractivity contribution in [3.8, 4) is 11.5 Å². The number of hydrogen-bond acceptors (Lipinski definition) is 5. The van der Waals surface area contributed by atoms with Crippen molar-refractivity contribution in [3.63, 3.8) is 0 Å². The minimum atomic E-state index is -0.869. The molecule has 2 aliphatic heterocycles. The number of aliphatic hydroxyl groups excluding tert-OH is 1. The maximum Gasteiger partial charge on any atom is 0.300 e. The fourth-order valence-electron chi connectivity index (χ4n) is 4.31. The Morgan fingerprint density at radius 2 is 1.66 bits per heavy atom. The van der Waals surface area contributed by atoms with Crippen LogP contribution in [0.25, 0.3) is 5.76 Å². The standard InChI is InChI=1S/C27H21Cl2NO5/c1-14(2)15-3-5-16(6-4-15)24-23(25(31)17-7-9-19(28)20(29)11-17)26(32)27(33)30(24)18-8-10-21-22(12-18)35-13-34-21/h3-12,14,24,31H,13H2,1-2H3/b25-23+. The first-order valence-electron chi connectivity index (χ1n) is 11.0. The second-order valence-electron chi connectivity index (χ2n) is 8.66. The van der Waals surface area contributed by atoms with Crippen LogP contribution in [0.1, 0.15) is 42.5 Å². The van der Waals surface area contributed by atoms with E-state index in [0.29, 0.717) is 33.7 Å². The number of benzene rings is 3. The Morgan fingerprint density at radius 3 is 2.34 bits per heavy atom. The lowest BCUT2D eigenvalue weighted by atomic mass is 9.93. The van der Waals surface area contributed by atoms with Crippen LogP contribution in [-0.2, 0) is 9.59 Å². The molecule has 5 rings (SSSR count). The van der Waals surface area contributed by atoms with Gasteiger partial charge in [0.25, 0.3) is 11.7 Å². The van der Waals surface area contributed by atoms with Gasteiger partial charge in [0.05, 0.1) is 21.7 Å². The number of carbonyl (C=O) groups excluding carboxylic acids is 2. The summed E-state index contributed by atoms with van der Waals surface area (Å²) in [7, 11) is 0. The predicted octanol–water partition coefficient (Wildman–Crippen LogP) is 6.47. The largest absolute Gasteiger partial charge is 0.507 e. The molecule has 0 bridgehead atoms. The van der Waals surface area contributed by atoms with Gasteiger partial charge in [-0.2, -0.15) is 0 Å². The number of Topliss-reactive ketones (excluding diaryl/α,β-unsaturated/α-hetero) is 1. The molecule has 1 N–H and O–H groups in total. The van der Waals surface area contributed by atoms with Crippen molar-refractivity contribution < 1.29 is 24.2 Å². The third-order valence-corrected chi connectivity index (χ3v) is 6.93. The number of nitrogens with zero attached hydrogens (tertiary/aromatic N) is 1. The van der Waals surface area contributed by atoms with Gasteiger partial charge >= 0.3 is 0 Å². The van der Waals surface area contributed by atoms with Crippen molar-refractivity contribution in [2.45, 2.75) is 25.8 Å². The molecule has 1 unspecified atom stereocenters. The Bertz CT molecular complexity index is 1380. The number of hydrogen-bond donors (Lipinski definition) is 1. The molecule has 35 heavy (non-hydrogen) atoms. The fraction of sp³-hybridized carbons (Fsp3) is 0.185. The van der Waals surface area contributed by atoms with E-state index in [0.717, 1.165) is 5.56 Å². The number of aliphatic hydroxyl groups is 1. The zero-order chi connectivity index (χ0) is 24.9. The fourth-order valence-corrected chi connectivity index (χ4v) is 4.61. The number of rotatable bonds is 4. The summed E-state index contributed by atoms with van der Waals surface area (Å²) in [4.78, 5) is 28.0. The van der Waals surface area contributed by atoms with Gasteiger partial charge in [-0.25, -0.2) is 0 Å². The molecule has 8 heteroatoms. The molecule has 0 spiro atoms. The quantitative estimate of drug-likeness (QED) is 0.247. The summed E-state index contributed by atoms with van der Waals surface area (Å²) in [5.41, 5.74) is 2.48. The van der Waals surface area contributed by atoms with E-state index in [4.69, 9.17) is 32.7 Å². The number of anilines is 1. The van der Waals surface area contributed by atoms with E-state index in [1.807, 2.05) is 24.3 Å². The van der Waals surface area contributed by atoms with Crippen LogP contribution < -0.4 is 14.4 Å². The lowest BCUT2D eigenvalue weighted by Gasteiger charge is -2.26. The van der Waals surface area contributed by atoms with Gasteiger partial charge in [0.1, 0.15) is 5.76 Å². The summed E-state index contributed by atoms with van der Waals surface area (Å²) in [6.07, 6.45) is 0. The summed E-state index contributed by atoms with van der Waals surface area (Å²) in [6.45, 7) is 4.24. The van der Waals surface area contributed by atoms with Crippen molar-refractivity contribution in [3.05, 3.63) is 93.0 Å². The molecule has 3 aromatic rings. The molecule has 6 nitrogen and oxygen atoms in total. The molecule has 2 heterocycles. The first kappa shape index (κ1) is 23.3. The smallest absolute Gasteiger partial charge is 0.300 e. The first-order chi connectivity index (χ1) is 16.8. The van der Waals surface area contributed by atoms with E-state index >= 15 is 0 Å². The number of carbonyl (C=O) groups is 2. The Hall–Kier alpha value is -3.48. The maximum absolute atomic E-state index is 13.3. The molecule has 178 valence electrons. The third-order valence-electron chi connectivity index (χ3n) is 6.19. The van der Waals surface area contributed by atoms with Crippen LogP contribution in [0.15, 0.2) is 66.2 Å². The monoisotopic (exact) mass is 509 g/mol. The highest BCUT2D eigenvalue weighted by atomic mass is 35.5. The molecule has 1 amide bonds. The van der Waals surface area contributed by atoms with Gasteiger partial charge < -0.3 is 14.6 Å². The number of ketones is 1. The molecule has 0 aromatic heterocycles. The van der Waals surface area contributed by atoms with Crippen LogP contribution >= 0.6 is 23.2 Å². The average molecular weight is 510 g/mol. The zero-order valence-corrected chi connectivity index (χ0v) is 20.4. The second kappa shape index (κ2) is 8.95. The van der Waals surface area contributed by atoms with Gasteiger partial charge in [0.2, 0.25) is 6.79 Å². The van der Waals surface area contributed by atoms with Crippen LogP contribution in [0.5, 0.6) is 11.5 Å². The van der Waals surface area contributed by atoms with Crippen LogP contribution in [0.2, 0.25) is 10.0 Å². The second-order valence-corrected chi connectivity index (χ2v) is 9.47. The van der Waals surface area contributed by atoms with Crippen molar-refractivity contribution >= 4 is 46.3 Å². The van der Waals surface area contributed by atoms with Gasteiger partial charge in [-0.15, -0.1) is 0 Å². The van der Waals surface area contributed by atoms with Crippen LogP contribution in [0.3, 0.4) is 0 Å². The van der Waals surface area contributed by atoms with E-state index in [2.05, 4.69) is 13.8 Å². The van der Waals surface area contributed by atoms with Crippen molar-refractivity contribution in [1.29, 1.82) is 0 Å². The molecule has 0 aliphatic carbocycles. The molecule has 0 saturated carbocycles. The molecule has 1 atom stereocenters.